The highest BCUT2D eigenvalue weighted by Gasteiger charge is 2.32. The highest BCUT2D eigenvalue weighted by molar-refractivity contribution is 6.38. The van der Waals surface area contributed by atoms with E-state index in [-0.39, 0.29) is 32.8 Å². The number of nitrogens with two attached hydrogens (primary N) is 1. The fraction of sp³-hybridized carbons (Fsp3) is 0.0526. The lowest BCUT2D eigenvalue weighted by atomic mass is 10.2. The summed E-state index contributed by atoms with van der Waals surface area (Å²) in [6.45, 7) is 0. The van der Waals surface area contributed by atoms with Crippen molar-refractivity contribution < 1.29 is 13.2 Å². The molecule has 0 fully saturated rings. The molecule has 0 bridgehead atoms. The molecule has 0 saturated heterocycles. The average molecular weight is 421 g/mol. The van der Waals surface area contributed by atoms with Gasteiger partial charge in [-0.1, -0.05) is 53.2 Å². The zero-order valence-corrected chi connectivity index (χ0v) is 15.4. The first-order valence-corrected chi connectivity index (χ1v) is 8.40. The molecule has 0 unspecified atom stereocenters. The van der Waals surface area contributed by atoms with Crippen molar-refractivity contribution in [2.45, 2.75) is 6.18 Å². The van der Waals surface area contributed by atoms with Gasteiger partial charge in [-0.25, -0.2) is 4.68 Å². The van der Waals surface area contributed by atoms with Crippen molar-refractivity contribution in [3.8, 4) is 23.6 Å². The third-order valence-electron chi connectivity index (χ3n) is 3.69. The van der Waals surface area contributed by atoms with E-state index in [1.807, 2.05) is 12.1 Å². The van der Waals surface area contributed by atoms with E-state index in [2.05, 4.69) is 16.9 Å². The fourth-order valence-electron chi connectivity index (χ4n) is 2.39. The summed E-state index contributed by atoms with van der Waals surface area (Å²) in [5, 5.41) is 12.7. The van der Waals surface area contributed by atoms with Crippen molar-refractivity contribution in [1.82, 2.24) is 9.78 Å². The van der Waals surface area contributed by atoms with E-state index >= 15 is 0 Å². The lowest BCUT2D eigenvalue weighted by Crippen LogP contribution is -2.08. The second-order valence-corrected chi connectivity index (χ2v) is 6.35. The predicted molar refractivity (Wildman–Crippen MR) is 100 cm³/mol. The fourth-order valence-corrected chi connectivity index (χ4v) is 3.04. The second kappa shape index (κ2) is 7.47. The quantitative estimate of drug-likeness (QED) is 0.559. The third kappa shape index (κ3) is 3.77. The summed E-state index contributed by atoms with van der Waals surface area (Å²) < 4.78 is 39.8. The van der Waals surface area contributed by atoms with Crippen LogP contribution >= 0.6 is 23.2 Å². The van der Waals surface area contributed by atoms with Crippen molar-refractivity contribution in [3.05, 3.63) is 74.9 Å². The number of hydrogen-bond donors (Lipinski definition) is 1. The SMILES string of the molecule is N#Cc1nn(-c2c(Cl)cc(C(F)(F)F)cc2Cl)c(N)c1C#Cc1ccccc1. The van der Waals surface area contributed by atoms with Crippen LogP contribution in [0.2, 0.25) is 10.0 Å². The number of anilines is 1. The third-order valence-corrected chi connectivity index (χ3v) is 4.26. The van der Waals surface area contributed by atoms with Crippen LogP contribution in [0.3, 0.4) is 0 Å². The minimum Gasteiger partial charge on any atom is -0.383 e. The minimum absolute atomic E-state index is 0.0662. The number of rotatable bonds is 1. The smallest absolute Gasteiger partial charge is 0.383 e. The molecule has 2 N–H and O–H groups in total. The molecule has 0 aliphatic carbocycles. The van der Waals surface area contributed by atoms with Gasteiger partial charge in [0.05, 0.1) is 15.6 Å². The van der Waals surface area contributed by atoms with Crippen LogP contribution in [0.4, 0.5) is 19.0 Å². The molecule has 9 heteroatoms. The van der Waals surface area contributed by atoms with E-state index in [0.29, 0.717) is 17.7 Å². The van der Waals surface area contributed by atoms with E-state index in [1.165, 1.54) is 0 Å². The maximum Gasteiger partial charge on any atom is 0.416 e. The largest absolute Gasteiger partial charge is 0.416 e. The highest BCUT2D eigenvalue weighted by atomic mass is 35.5. The van der Waals surface area contributed by atoms with Crippen molar-refractivity contribution >= 4 is 29.0 Å². The van der Waals surface area contributed by atoms with Crippen molar-refractivity contribution in [2.24, 2.45) is 0 Å². The predicted octanol–water partition coefficient (Wildman–Crippen LogP) is 5.05. The first-order valence-electron chi connectivity index (χ1n) is 7.64. The van der Waals surface area contributed by atoms with Gasteiger partial charge in [0.2, 0.25) is 0 Å². The van der Waals surface area contributed by atoms with Gasteiger partial charge in [0, 0.05) is 5.56 Å². The van der Waals surface area contributed by atoms with Crippen LogP contribution < -0.4 is 5.73 Å². The van der Waals surface area contributed by atoms with Crippen LogP contribution in [-0.4, -0.2) is 9.78 Å². The molecule has 0 aliphatic heterocycles. The molecular formula is C19H9Cl2F3N4. The summed E-state index contributed by atoms with van der Waals surface area (Å²) in [4.78, 5) is 0. The number of aromatic nitrogens is 2. The maximum absolute atomic E-state index is 12.9. The van der Waals surface area contributed by atoms with E-state index in [4.69, 9.17) is 28.9 Å². The van der Waals surface area contributed by atoms with Crippen LogP contribution in [0, 0.1) is 23.2 Å². The Bertz CT molecular complexity index is 1130. The Balaban J connectivity index is 2.15. The number of hydrogen-bond acceptors (Lipinski definition) is 3. The summed E-state index contributed by atoms with van der Waals surface area (Å²) >= 11 is 12.0. The van der Waals surface area contributed by atoms with Gasteiger partial charge in [0.1, 0.15) is 23.1 Å². The maximum atomic E-state index is 12.9. The lowest BCUT2D eigenvalue weighted by molar-refractivity contribution is -0.137. The Morgan fingerprint density at radius 1 is 1.04 bits per heavy atom. The topological polar surface area (TPSA) is 67.6 Å². The van der Waals surface area contributed by atoms with E-state index < -0.39 is 11.7 Å². The molecule has 0 atom stereocenters. The van der Waals surface area contributed by atoms with Gasteiger partial charge in [-0.2, -0.15) is 23.5 Å². The van der Waals surface area contributed by atoms with Crippen molar-refractivity contribution in [1.29, 1.82) is 5.26 Å². The number of alkyl halides is 3. The molecule has 140 valence electrons. The summed E-state index contributed by atoms with van der Waals surface area (Å²) in [6.07, 6.45) is -4.62. The Labute approximate surface area is 167 Å². The zero-order valence-electron chi connectivity index (χ0n) is 13.9. The highest BCUT2D eigenvalue weighted by Crippen LogP contribution is 2.38. The molecule has 0 saturated carbocycles. The number of nitrogens with zero attached hydrogens (tertiary/aromatic N) is 3. The molecule has 3 rings (SSSR count). The van der Waals surface area contributed by atoms with Crippen molar-refractivity contribution in [3.63, 3.8) is 0 Å². The van der Waals surface area contributed by atoms with Crippen LogP contribution in [0.15, 0.2) is 42.5 Å². The second-order valence-electron chi connectivity index (χ2n) is 5.53. The number of nitrogen functional groups attached to an aromatic ring is 1. The Morgan fingerprint density at radius 2 is 1.64 bits per heavy atom. The zero-order chi connectivity index (χ0) is 20.5. The normalized spacial score (nSPS) is 10.9. The molecule has 2 aromatic carbocycles. The van der Waals surface area contributed by atoms with Crippen LogP contribution in [0.25, 0.3) is 5.69 Å². The standard InChI is InChI=1S/C19H9Cl2F3N4/c20-14-8-12(19(22,23)24)9-15(21)17(14)28-18(26)13(16(10-25)27-28)7-6-11-4-2-1-3-5-11/h1-5,8-9H,26H2. The van der Waals surface area contributed by atoms with Crippen molar-refractivity contribution in [2.75, 3.05) is 5.73 Å². The van der Waals surface area contributed by atoms with Gasteiger partial charge in [-0.15, -0.1) is 0 Å². The van der Waals surface area contributed by atoms with Gasteiger partial charge in [-0.3, -0.25) is 0 Å². The first kappa shape index (κ1) is 19.6. The summed E-state index contributed by atoms with van der Waals surface area (Å²) in [5.41, 5.74) is 5.67. The first-order chi connectivity index (χ1) is 13.2. The Hall–Kier alpha value is -3.13. The van der Waals surface area contributed by atoms with E-state index in [9.17, 15) is 18.4 Å². The Kier molecular flexibility index (Phi) is 5.24. The van der Waals surface area contributed by atoms with E-state index in [0.717, 1.165) is 4.68 Å². The summed E-state index contributed by atoms with van der Waals surface area (Å²) in [7, 11) is 0. The van der Waals surface area contributed by atoms with Crippen LogP contribution in [-0.2, 0) is 6.18 Å². The van der Waals surface area contributed by atoms with Crippen LogP contribution in [0.5, 0.6) is 0 Å². The summed E-state index contributed by atoms with van der Waals surface area (Å²) in [5.74, 6) is 5.55. The van der Waals surface area contributed by atoms with Gasteiger partial charge in [0.15, 0.2) is 5.69 Å². The number of benzene rings is 2. The molecule has 28 heavy (non-hydrogen) atoms. The molecule has 0 spiro atoms. The molecule has 4 nitrogen and oxygen atoms in total. The van der Waals surface area contributed by atoms with Gasteiger partial charge >= 0.3 is 6.18 Å². The summed E-state index contributed by atoms with van der Waals surface area (Å²) in [6, 6.07) is 12.2. The molecule has 0 radical (unpaired) electrons. The number of nitriles is 1. The minimum atomic E-state index is -4.62. The van der Waals surface area contributed by atoms with Gasteiger partial charge in [-0.05, 0) is 24.3 Å². The molecule has 0 aliphatic rings. The molecule has 3 aromatic rings. The van der Waals surface area contributed by atoms with Crippen LogP contribution in [0.1, 0.15) is 22.4 Å². The molecule has 0 amide bonds. The average Bonchev–Trinajstić information content (AvgIpc) is 2.95. The van der Waals surface area contributed by atoms with Gasteiger partial charge in [0.25, 0.3) is 0 Å². The number of halogens is 5. The Morgan fingerprint density at radius 3 is 2.18 bits per heavy atom. The van der Waals surface area contributed by atoms with E-state index in [1.54, 1.807) is 24.3 Å². The molecule has 1 heterocycles. The lowest BCUT2D eigenvalue weighted by Gasteiger charge is -2.13. The van der Waals surface area contributed by atoms with Gasteiger partial charge < -0.3 is 5.73 Å². The molecule has 1 aromatic heterocycles. The monoisotopic (exact) mass is 420 g/mol. The molecular weight excluding hydrogens is 412 g/mol.